The second kappa shape index (κ2) is 6.86. The smallest absolute Gasteiger partial charge is 0.238 e. The molecule has 110 valence electrons. The van der Waals surface area contributed by atoms with Crippen LogP contribution < -0.4 is 11.1 Å². The minimum Gasteiger partial charge on any atom is -0.327 e. The SMILES string of the molecule is CCc1ccc(NC(=O)CN2CCC(N)C(C)C2)cc1. The van der Waals surface area contributed by atoms with Gasteiger partial charge in [0.2, 0.25) is 5.91 Å². The number of nitrogens with zero attached hydrogens (tertiary/aromatic N) is 1. The molecule has 2 atom stereocenters. The Bertz CT molecular complexity index is 444. The van der Waals surface area contributed by atoms with Crippen LogP contribution in [0.2, 0.25) is 0 Å². The first-order chi connectivity index (χ1) is 9.58. The van der Waals surface area contributed by atoms with Crippen molar-refractivity contribution in [3.05, 3.63) is 29.8 Å². The number of piperidine rings is 1. The Morgan fingerprint density at radius 3 is 2.70 bits per heavy atom. The molecule has 2 rings (SSSR count). The molecule has 1 aromatic rings. The lowest BCUT2D eigenvalue weighted by atomic mass is 9.95. The van der Waals surface area contributed by atoms with E-state index < -0.39 is 0 Å². The van der Waals surface area contributed by atoms with Crippen LogP contribution in [-0.2, 0) is 11.2 Å². The summed E-state index contributed by atoms with van der Waals surface area (Å²) in [6.07, 6.45) is 1.99. The lowest BCUT2D eigenvalue weighted by Gasteiger charge is -2.34. The third-order valence-corrected chi connectivity index (χ3v) is 4.07. The lowest BCUT2D eigenvalue weighted by Crippen LogP contribution is -2.48. The Balaban J connectivity index is 1.82. The number of hydrogen-bond donors (Lipinski definition) is 2. The summed E-state index contributed by atoms with van der Waals surface area (Å²) in [5.74, 6) is 0.511. The standard InChI is InChI=1S/C16H25N3O/c1-3-13-4-6-14(7-5-13)18-16(20)11-19-9-8-15(17)12(2)10-19/h4-7,12,15H,3,8-11,17H2,1-2H3,(H,18,20). The molecule has 0 aliphatic carbocycles. The molecule has 2 unspecified atom stereocenters. The van der Waals surface area contributed by atoms with Crippen LogP contribution in [0, 0.1) is 5.92 Å². The first-order valence-electron chi connectivity index (χ1n) is 7.45. The zero-order chi connectivity index (χ0) is 14.5. The molecular formula is C16H25N3O. The second-order valence-electron chi connectivity index (χ2n) is 5.76. The molecule has 1 aliphatic heterocycles. The summed E-state index contributed by atoms with van der Waals surface area (Å²) in [4.78, 5) is 14.2. The molecule has 0 saturated carbocycles. The molecule has 20 heavy (non-hydrogen) atoms. The van der Waals surface area contributed by atoms with Crippen molar-refractivity contribution in [3.8, 4) is 0 Å². The Labute approximate surface area is 121 Å². The van der Waals surface area contributed by atoms with E-state index in [1.807, 2.05) is 12.1 Å². The van der Waals surface area contributed by atoms with Crippen molar-refractivity contribution in [3.63, 3.8) is 0 Å². The topological polar surface area (TPSA) is 58.4 Å². The number of nitrogens with two attached hydrogens (primary N) is 1. The maximum Gasteiger partial charge on any atom is 0.238 e. The van der Waals surface area contributed by atoms with Crippen LogP contribution in [0.3, 0.4) is 0 Å². The summed E-state index contributed by atoms with van der Waals surface area (Å²) >= 11 is 0. The lowest BCUT2D eigenvalue weighted by molar-refractivity contribution is -0.117. The molecule has 1 fully saturated rings. The zero-order valence-electron chi connectivity index (χ0n) is 12.4. The Morgan fingerprint density at radius 1 is 1.40 bits per heavy atom. The van der Waals surface area contributed by atoms with Crippen LogP contribution in [0.1, 0.15) is 25.8 Å². The molecule has 1 amide bonds. The van der Waals surface area contributed by atoms with Gasteiger partial charge < -0.3 is 11.1 Å². The van der Waals surface area contributed by atoms with Gasteiger partial charge >= 0.3 is 0 Å². The fourth-order valence-electron chi connectivity index (χ4n) is 2.62. The van der Waals surface area contributed by atoms with E-state index in [0.29, 0.717) is 12.5 Å². The van der Waals surface area contributed by atoms with E-state index in [0.717, 1.165) is 31.6 Å². The number of aryl methyl sites for hydroxylation is 1. The summed E-state index contributed by atoms with van der Waals surface area (Å²) in [7, 11) is 0. The van der Waals surface area contributed by atoms with Gasteiger partial charge in [-0.15, -0.1) is 0 Å². The first-order valence-corrected chi connectivity index (χ1v) is 7.45. The summed E-state index contributed by atoms with van der Waals surface area (Å²) < 4.78 is 0. The Hall–Kier alpha value is -1.39. The molecule has 1 saturated heterocycles. The Morgan fingerprint density at radius 2 is 2.10 bits per heavy atom. The van der Waals surface area contributed by atoms with E-state index in [1.54, 1.807) is 0 Å². The van der Waals surface area contributed by atoms with Crippen molar-refractivity contribution < 1.29 is 4.79 Å². The monoisotopic (exact) mass is 275 g/mol. The van der Waals surface area contributed by atoms with Crippen LogP contribution in [0.5, 0.6) is 0 Å². The fraction of sp³-hybridized carbons (Fsp3) is 0.562. The number of hydrogen-bond acceptors (Lipinski definition) is 3. The third-order valence-electron chi connectivity index (χ3n) is 4.07. The van der Waals surface area contributed by atoms with E-state index in [1.165, 1.54) is 5.56 Å². The molecule has 0 bridgehead atoms. The van der Waals surface area contributed by atoms with Crippen LogP contribution in [0.15, 0.2) is 24.3 Å². The van der Waals surface area contributed by atoms with Crippen molar-refractivity contribution in [1.29, 1.82) is 0 Å². The van der Waals surface area contributed by atoms with E-state index >= 15 is 0 Å². The van der Waals surface area contributed by atoms with E-state index in [2.05, 4.69) is 36.2 Å². The number of benzene rings is 1. The van der Waals surface area contributed by atoms with Crippen LogP contribution >= 0.6 is 0 Å². The van der Waals surface area contributed by atoms with Crippen molar-refractivity contribution in [2.45, 2.75) is 32.7 Å². The largest absolute Gasteiger partial charge is 0.327 e. The molecule has 1 heterocycles. The van der Waals surface area contributed by atoms with Gasteiger partial charge in [-0.1, -0.05) is 26.0 Å². The van der Waals surface area contributed by atoms with E-state index in [4.69, 9.17) is 5.73 Å². The highest BCUT2D eigenvalue weighted by Gasteiger charge is 2.24. The van der Waals surface area contributed by atoms with Crippen molar-refractivity contribution in [1.82, 2.24) is 4.90 Å². The number of nitrogens with one attached hydrogen (secondary N) is 1. The van der Waals surface area contributed by atoms with E-state index in [-0.39, 0.29) is 11.9 Å². The molecule has 0 aromatic heterocycles. The number of carbonyl (C=O) groups is 1. The average molecular weight is 275 g/mol. The van der Waals surface area contributed by atoms with Gasteiger partial charge in [-0.3, -0.25) is 9.69 Å². The number of likely N-dealkylation sites (tertiary alicyclic amines) is 1. The van der Waals surface area contributed by atoms with Crippen molar-refractivity contribution >= 4 is 11.6 Å². The van der Waals surface area contributed by atoms with Crippen molar-refractivity contribution in [2.75, 3.05) is 25.0 Å². The van der Waals surface area contributed by atoms with Crippen LogP contribution in [0.25, 0.3) is 0 Å². The van der Waals surface area contributed by atoms with Crippen LogP contribution in [-0.4, -0.2) is 36.5 Å². The molecule has 4 heteroatoms. The van der Waals surface area contributed by atoms with Gasteiger partial charge in [-0.05, 0) is 36.5 Å². The predicted octanol–water partition coefficient (Wildman–Crippen LogP) is 1.86. The minimum absolute atomic E-state index is 0.0527. The second-order valence-corrected chi connectivity index (χ2v) is 5.76. The average Bonchev–Trinajstić information content (AvgIpc) is 2.44. The molecule has 0 spiro atoms. The number of amides is 1. The van der Waals surface area contributed by atoms with E-state index in [9.17, 15) is 4.79 Å². The first kappa shape index (κ1) is 15.0. The van der Waals surface area contributed by atoms with Gasteiger partial charge in [0, 0.05) is 24.8 Å². The van der Waals surface area contributed by atoms with Crippen molar-refractivity contribution in [2.24, 2.45) is 11.7 Å². The van der Waals surface area contributed by atoms with Gasteiger partial charge in [0.1, 0.15) is 0 Å². The fourth-order valence-corrected chi connectivity index (χ4v) is 2.62. The van der Waals surface area contributed by atoms with Gasteiger partial charge in [0.25, 0.3) is 0 Å². The summed E-state index contributed by atoms with van der Waals surface area (Å²) in [6.45, 7) is 6.54. The quantitative estimate of drug-likeness (QED) is 0.882. The maximum absolute atomic E-state index is 12.0. The third kappa shape index (κ3) is 4.05. The molecule has 1 aliphatic rings. The number of anilines is 1. The molecule has 4 nitrogen and oxygen atoms in total. The minimum atomic E-state index is 0.0527. The zero-order valence-corrected chi connectivity index (χ0v) is 12.4. The van der Waals surface area contributed by atoms with Gasteiger partial charge in [-0.2, -0.15) is 0 Å². The predicted molar refractivity (Wildman–Crippen MR) is 82.6 cm³/mol. The molecular weight excluding hydrogens is 250 g/mol. The molecule has 3 N–H and O–H groups in total. The van der Waals surface area contributed by atoms with Gasteiger partial charge in [0.05, 0.1) is 6.54 Å². The summed E-state index contributed by atoms with van der Waals surface area (Å²) in [5.41, 5.74) is 8.14. The van der Waals surface area contributed by atoms with Gasteiger partial charge in [0.15, 0.2) is 0 Å². The number of carbonyl (C=O) groups excluding carboxylic acids is 1. The van der Waals surface area contributed by atoms with Crippen LogP contribution in [0.4, 0.5) is 5.69 Å². The summed E-state index contributed by atoms with van der Waals surface area (Å²) in [6, 6.07) is 8.31. The highest BCUT2D eigenvalue weighted by molar-refractivity contribution is 5.92. The highest BCUT2D eigenvalue weighted by atomic mass is 16.2. The summed E-state index contributed by atoms with van der Waals surface area (Å²) in [5, 5.41) is 2.95. The number of rotatable bonds is 4. The maximum atomic E-state index is 12.0. The Kier molecular flexibility index (Phi) is 5.15. The van der Waals surface area contributed by atoms with Gasteiger partial charge in [-0.25, -0.2) is 0 Å². The molecule has 0 radical (unpaired) electrons. The highest BCUT2D eigenvalue weighted by Crippen LogP contribution is 2.15. The molecule has 1 aromatic carbocycles. The normalized spacial score (nSPS) is 23.6.